The minimum absolute atomic E-state index is 0.137. The van der Waals surface area contributed by atoms with Crippen molar-refractivity contribution in [3.05, 3.63) is 41.1 Å². The van der Waals surface area contributed by atoms with Crippen LogP contribution in [0.5, 0.6) is 0 Å². The summed E-state index contributed by atoms with van der Waals surface area (Å²) in [7, 11) is 0. The molecule has 1 N–H and O–H groups in total. The zero-order valence-electron chi connectivity index (χ0n) is 13.3. The maximum atomic E-state index is 12.6. The summed E-state index contributed by atoms with van der Waals surface area (Å²) in [5.41, 5.74) is 3.60. The van der Waals surface area contributed by atoms with Gasteiger partial charge in [-0.05, 0) is 50.8 Å². The lowest BCUT2D eigenvalue weighted by molar-refractivity contribution is -0.119. The van der Waals surface area contributed by atoms with E-state index in [1.54, 1.807) is 0 Å². The second-order valence-electron chi connectivity index (χ2n) is 6.81. The van der Waals surface area contributed by atoms with Gasteiger partial charge in [-0.25, -0.2) is 0 Å². The molecule has 2 saturated carbocycles. The number of hydrogen-bond acceptors (Lipinski definition) is 3. The van der Waals surface area contributed by atoms with Gasteiger partial charge in [-0.3, -0.25) is 14.6 Å². The van der Waals surface area contributed by atoms with Crippen LogP contribution in [0.4, 0.5) is 0 Å². The number of carbonyl (C=O) groups is 2. The maximum absolute atomic E-state index is 12.6. The van der Waals surface area contributed by atoms with Gasteiger partial charge < -0.3 is 5.32 Å². The van der Waals surface area contributed by atoms with Crippen LogP contribution in [-0.2, 0) is 4.79 Å². The summed E-state index contributed by atoms with van der Waals surface area (Å²) in [4.78, 5) is 29.1. The Bertz CT molecular complexity index is 804. The fraction of sp³-hybridized carbons (Fsp3) is 0.421. The van der Waals surface area contributed by atoms with Gasteiger partial charge in [0.25, 0.3) is 5.91 Å². The van der Waals surface area contributed by atoms with E-state index in [1.165, 1.54) is 0 Å². The third-order valence-electron chi connectivity index (χ3n) is 4.68. The number of Topliss-reactive ketones (excluding diaryl/α,β-unsaturated/α-hetero) is 1. The van der Waals surface area contributed by atoms with Gasteiger partial charge in [0, 0.05) is 22.9 Å². The number of hydrogen-bond donors (Lipinski definition) is 1. The van der Waals surface area contributed by atoms with Crippen molar-refractivity contribution in [2.24, 2.45) is 5.92 Å². The molecule has 0 radical (unpaired) electrons. The zero-order chi connectivity index (χ0) is 16.0. The van der Waals surface area contributed by atoms with Crippen LogP contribution in [0.25, 0.3) is 10.9 Å². The monoisotopic (exact) mass is 308 g/mol. The first-order chi connectivity index (χ1) is 11.1. The molecule has 0 bridgehead atoms. The van der Waals surface area contributed by atoms with Crippen LogP contribution in [-0.4, -0.2) is 23.2 Å². The van der Waals surface area contributed by atoms with Crippen molar-refractivity contribution in [1.29, 1.82) is 0 Å². The molecule has 1 amide bonds. The first-order valence-corrected chi connectivity index (χ1v) is 8.34. The Morgan fingerprint density at radius 3 is 2.65 bits per heavy atom. The molecule has 118 valence electrons. The van der Waals surface area contributed by atoms with Crippen LogP contribution in [0, 0.1) is 12.8 Å². The van der Waals surface area contributed by atoms with E-state index in [-0.39, 0.29) is 24.2 Å². The molecule has 2 aromatic rings. The van der Waals surface area contributed by atoms with Gasteiger partial charge in [-0.15, -0.1) is 0 Å². The number of fused-ring (bicyclic) bond motifs is 1. The van der Waals surface area contributed by atoms with Crippen LogP contribution in [0.3, 0.4) is 0 Å². The number of pyridine rings is 1. The number of nitrogens with zero attached hydrogens (tertiary/aromatic N) is 1. The molecule has 23 heavy (non-hydrogen) atoms. The Morgan fingerprint density at radius 2 is 1.96 bits per heavy atom. The third kappa shape index (κ3) is 2.98. The Morgan fingerprint density at radius 1 is 1.17 bits per heavy atom. The van der Waals surface area contributed by atoms with E-state index < -0.39 is 0 Å². The summed E-state index contributed by atoms with van der Waals surface area (Å²) >= 11 is 0. The molecule has 1 aromatic heterocycles. The van der Waals surface area contributed by atoms with E-state index in [4.69, 9.17) is 4.98 Å². The lowest BCUT2D eigenvalue weighted by Crippen LogP contribution is -2.30. The van der Waals surface area contributed by atoms with Gasteiger partial charge in [-0.1, -0.05) is 11.6 Å². The van der Waals surface area contributed by atoms with Gasteiger partial charge in [-0.2, -0.15) is 0 Å². The van der Waals surface area contributed by atoms with Crippen molar-refractivity contribution in [1.82, 2.24) is 10.3 Å². The Hall–Kier alpha value is -2.23. The molecular weight excluding hydrogens is 288 g/mol. The van der Waals surface area contributed by atoms with Crippen LogP contribution < -0.4 is 5.32 Å². The van der Waals surface area contributed by atoms with E-state index >= 15 is 0 Å². The molecule has 2 aliphatic carbocycles. The van der Waals surface area contributed by atoms with Crippen LogP contribution in [0.1, 0.15) is 53.2 Å². The molecular formula is C19H20N2O2. The van der Waals surface area contributed by atoms with Crippen molar-refractivity contribution in [3.63, 3.8) is 0 Å². The first kappa shape index (κ1) is 14.4. The molecule has 4 nitrogen and oxygen atoms in total. The first-order valence-electron chi connectivity index (χ1n) is 8.34. The molecule has 4 heteroatoms. The highest BCUT2D eigenvalue weighted by Gasteiger charge is 2.30. The smallest absolute Gasteiger partial charge is 0.252 e. The van der Waals surface area contributed by atoms with Crippen molar-refractivity contribution in [3.8, 4) is 0 Å². The molecule has 0 unspecified atom stereocenters. The molecule has 2 fully saturated rings. The molecule has 0 aliphatic heterocycles. The molecule has 0 spiro atoms. The van der Waals surface area contributed by atoms with Crippen LogP contribution in [0.2, 0.25) is 0 Å². The standard InChI is InChI=1S/C19H20N2O2/c1-11-2-7-16-14(8-11)15(9-17(21-16)12-3-4-12)19(23)20-10-18(22)13-5-6-13/h2,7-9,12-13H,3-6,10H2,1H3,(H,20,23). The van der Waals surface area contributed by atoms with Gasteiger partial charge in [0.05, 0.1) is 17.6 Å². The number of ketones is 1. The molecule has 0 saturated heterocycles. The topological polar surface area (TPSA) is 59.1 Å². The van der Waals surface area contributed by atoms with Crippen LogP contribution >= 0.6 is 0 Å². The van der Waals surface area contributed by atoms with Gasteiger partial charge in [0.2, 0.25) is 0 Å². The summed E-state index contributed by atoms with van der Waals surface area (Å²) in [6, 6.07) is 7.90. The lowest BCUT2D eigenvalue weighted by Gasteiger charge is -2.10. The molecule has 1 heterocycles. The van der Waals surface area contributed by atoms with E-state index in [2.05, 4.69) is 5.32 Å². The highest BCUT2D eigenvalue weighted by atomic mass is 16.2. The highest BCUT2D eigenvalue weighted by molar-refractivity contribution is 6.07. The van der Waals surface area contributed by atoms with Gasteiger partial charge in [0.15, 0.2) is 5.78 Å². The Balaban J connectivity index is 1.66. The average Bonchev–Trinajstić information content (AvgIpc) is 3.41. The second kappa shape index (κ2) is 5.44. The molecule has 0 atom stereocenters. The van der Waals surface area contributed by atoms with Crippen molar-refractivity contribution in [2.45, 2.75) is 38.5 Å². The number of rotatable bonds is 5. The molecule has 1 aromatic carbocycles. The molecule has 2 aliphatic rings. The van der Waals surface area contributed by atoms with Crippen molar-refractivity contribution in [2.75, 3.05) is 6.54 Å². The average molecular weight is 308 g/mol. The number of aromatic nitrogens is 1. The van der Waals surface area contributed by atoms with E-state index in [0.717, 1.165) is 47.8 Å². The van der Waals surface area contributed by atoms with Crippen molar-refractivity contribution < 1.29 is 9.59 Å². The summed E-state index contributed by atoms with van der Waals surface area (Å²) in [5.74, 6) is 0.642. The lowest BCUT2D eigenvalue weighted by atomic mass is 10.0. The second-order valence-corrected chi connectivity index (χ2v) is 6.81. The van der Waals surface area contributed by atoms with Gasteiger partial charge >= 0.3 is 0 Å². The third-order valence-corrected chi connectivity index (χ3v) is 4.68. The summed E-state index contributed by atoms with van der Waals surface area (Å²) in [6.45, 7) is 2.14. The van der Waals surface area contributed by atoms with Crippen molar-refractivity contribution >= 4 is 22.6 Å². The number of amides is 1. The highest BCUT2D eigenvalue weighted by Crippen LogP contribution is 2.40. The van der Waals surface area contributed by atoms with E-state index in [1.807, 2.05) is 31.2 Å². The quantitative estimate of drug-likeness (QED) is 0.923. The molecule has 4 rings (SSSR count). The fourth-order valence-electron chi connectivity index (χ4n) is 2.95. The number of aryl methyl sites for hydroxylation is 1. The minimum Gasteiger partial charge on any atom is -0.345 e. The SMILES string of the molecule is Cc1ccc2nc(C3CC3)cc(C(=O)NCC(=O)C3CC3)c2c1. The fourth-order valence-corrected chi connectivity index (χ4v) is 2.95. The maximum Gasteiger partial charge on any atom is 0.252 e. The number of nitrogens with one attached hydrogen (secondary N) is 1. The Labute approximate surface area is 135 Å². The summed E-state index contributed by atoms with van der Waals surface area (Å²) in [5, 5.41) is 3.67. The van der Waals surface area contributed by atoms with Crippen LogP contribution in [0.15, 0.2) is 24.3 Å². The number of carbonyl (C=O) groups excluding carboxylic acids is 2. The zero-order valence-corrected chi connectivity index (χ0v) is 13.3. The number of benzene rings is 1. The van der Waals surface area contributed by atoms with Gasteiger partial charge in [0.1, 0.15) is 0 Å². The van der Waals surface area contributed by atoms with E-state index in [0.29, 0.717) is 11.5 Å². The minimum atomic E-state index is -0.168. The predicted octanol–water partition coefficient (Wildman–Crippen LogP) is 3.13. The van der Waals surface area contributed by atoms with E-state index in [9.17, 15) is 9.59 Å². The summed E-state index contributed by atoms with van der Waals surface area (Å²) in [6.07, 6.45) is 4.23. The normalized spacial score (nSPS) is 17.3. The Kier molecular flexibility index (Phi) is 3.40. The largest absolute Gasteiger partial charge is 0.345 e. The summed E-state index contributed by atoms with van der Waals surface area (Å²) < 4.78 is 0. The predicted molar refractivity (Wildman–Crippen MR) is 88.5 cm³/mol.